The highest BCUT2D eigenvalue weighted by Gasteiger charge is 2.18. The molecular formula is C12H11N3O4S. The van der Waals surface area contributed by atoms with Gasteiger partial charge in [-0.2, -0.15) is 0 Å². The molecule has 0 aliphatic carbocycles. The third kappa shape index (κ3) is 3.16. The SMILES string of the molecule is COCc1nc(NC(=O)c2cccnc2)sc1C(=O)O. The van der Waals surface area contributed by atoms with Crippen molar-refractivity contribution in [3.8, 4) is 0 Å². The number of anilines is 1. The van der Waals surface area contributed by atoms with E-state index in [-0.39, 0.29) is 22.3 Å². The van der Waals surface area contributed by atoms with Crippen LogP contribution < -0.4 is 5.32 Å². The van der Waals surface area contributed by atoms with E-state index >= 15 is 0 Å². The molecule has 8 heteroatoms. The third-order valence-corrected chi connectivity index (χ3v) is 3.32. The lowest BCUT2D eigenvalue weighted by Crippen LogP contribution is -2.11. The van der Waals surface area contributed by atoms with Crippen molar-refractivity contribution < 1.29 is 19.4 Å². The van der Waals surface area contributed by atoms with Gasteiger partial charge in [-0.05, 0) is 12.1 Å². The molecule has 0 fully saturated rings. The van der Waals surface area contributed by atoms with Crippen LogP contribution in [0.4, 0.5) is 5.13 Å². The van der Waals surface area contributed by atoms with Crippen molar-refractivity contribution in [1.82, 2.24) is 9.97 Å². The number of carbonyl (C=O) groups excluding carboxylic acids is 1. The zero-order valence-corrected chi connectivity index (χ0v) is 11.3. The Bertz CT molecular complexity index is 627. The molecule has 2 aromatic heterocycles. The fourth-order valence-electron chi connectivity index (χ4n) is 1.47. The summed E-state index contributed by atoms with van der Waals surface area (Å²) in [5.74, 6) is -1.50. The third-order valence-electron chi connectivity index (χ3n) is 2.32. The summed E-state index contributed by atoms with van der Waals surface area (Å²) >= 11 is 0.888. The molecule has 2 N–H and O–H groups in total. The van der Waals surface area contributed by atoms with E-state index in [2.05, 4.69) is 15.3 Å². The minimum Gasteiger partial charge on any atom is -0.477 e. The number of carbonyl (C=O) groups is 2. The first-order valence-electron chi connectivity index (χ1n) is 5.55. The standard InChI is InChI=1S/C12H11N3O4S/c1-19-6-8-9(11(17)18)20-12(14-8)15-10(16)7-3-2-4-13-5-7/h2-5H,6H2,1H3,(H,17,18)(H,14,15,16). The van der Waals surface area contributed by atoms with E-state index in [0.29, 0.717) is 5.56 Å². The number of nitrogens with zero attached hydrogens (tertiary/aromatic N) is 2. The van der Waals surface area contributed by atoms with E-state index in [1.807, 2.05) is 0 Å². The van der Waals surface area contributed by atoms with Crippen molar-refractivity contribution in [3.63, 3.8) is 0 Å². The second kappa shape index (κ2) is 6.22. The van der Waals surface area contributed by atoms with Gasteiger partial charge in [0.05, 0.1) is 17.9 Å². The van der Waals surface area contributed by atoms with Crippen molar-refractivity contribution in [2.75, 3.05) is 12.4 Å². The number of thiazole rings is 1. The van der Waals surface area contributed by atoms with E-state index in [1.54, 1.807) is 18.3 Å². The number of pyridine rings is 1. The number of rotatable bonds is 5. The van der Waals surface area contributed by atoms with Gasteiger partial charge >= 0.3 is 5.97 Å². The van der Waals surface area contributed by atoms with Crippen LogP contribution in [0.2, 0.25) is 0 Å². The van der Waals surface area contributed by atoms with E-state index < -0.39 is 11.9 Å². The zero-order valence-electron chi connectivity index (χ0n) is 10.5. The van der Waals surface area contributed by atoms with Gasteiger partial charge in [-0.1, -0.05) is 11.3 Å². The first-order chi connectivity index (χ1) is 9.61. The molecule has 2 rings (SSSR count). The monoisotopic (exact) mass is 293 g/mol. The van der Waals surface area contributed by atoms with Gasteiger partial charge < -0.3 is 9.84 Å². The van der Waals surface area contributed by atoms with Gasteiger partial charge in [0.15, 0.2) is 5.13 Å². The van der Waals surface area contributed by atoms with Crippen LogP contribution in [-0.2, 0) is 11.3 Å². The van der Waals surface area contributed by atoms with Crippen molar-refractivity contribution in [2.24, 2.45) is 0 Å². The fourth-order valence-corrected chi connectivity index (χ4v) is 2.28. The van der Waals surface area contributed by atoms with Crippen LogP contribution in [0, 0.1) is 0 Å². The molecule has 0 aliphatic heterocycles. The summed E-state index contributed by atoms with van der Waals surface area (Å²) in [6.45, 7) is 0.0703. The molecule has 0 unspecified atom stereocenters. The second-order valence-electron chi connectivity index (χ2n) is 3.73. The van der Waals surface area contributed by atoms with Gasteiger partial charge in [-0.25, -0.2) is 9.78 Å². The molecule has 7 nitrogen and oxygen atoms in total. The smallest absolute Gasteiger partial charge is 0.347 e. The number of nitrogens with one attached hydrogen (secondary N) is 1. The Morgan fingerprint density at radius 2 is 2.30 bits per heavy atom. The maximum Gasteiger partial charge on any atom is 0.347 e. The van der Waals surface area contributed by atoms with Crippen LogP contribution >= 0.6 is 11.3 Å². The maximum absolute atomic E-state index is 11.9. The minimum atomic E-state index is -1.10. The molecule has 0 atom stereocenters. The lowest BCUT2D eigenvalue weighted by Gasteiger charge is -2.00. The lowest BCUT2D eigenvalue weighted by atomic mass is 10.3. The lowest BCUT2D eigenvalue weighted by molar-refractivity contribution is 0.0696. The average molecular weight is 293 g/mol. The molecule has 2 aromatic rings. The van der Waals surface area contributed by atoms with Crippen LogP contribution in [-0.4, -0.2) is 34.1 Å². The number of aromatic nitrogens is 2. The molecule has 0 radical (unpaired) electrons. The number of hydrogen-bond acceptors (Lipinski definition) is 6. The predicted octanol–water partition coefficient (Wildman–Crippen LogP) is 1.64. The Morgan fingerprint density at radius 3 is 2.90 bits per heavy atom. The van der Waals surface area contributed by atoms with Gasteiger partial charge in [0, 0.05) is 19.5 Å². The normalized spacial score (nSPS) is 10.2. The average Bonchev–Trinajstić information content (AvgIpc) is 2.83. The van der Waals surface area contributed by atoms with Crippen molar-refractivity contribution >= 4 is 28.3 Å². The highest BCUT2D eigenvalue weighted by Crippen LogP contribution is 2.24. The highest BCUT2D eigenvalue weighted by atomic mass is 32.1. The van der Waals surface area contributed by atoms with Gasteiger partial charge in [-0.15, -0.1) is 0 Å². The van der Waals surface area contributed by atoms with Crippen LogP contribution in [0.15, 0.2) is 24.5 Å². The van der Waals surface area contributed by atoms with Crippen LogP contribution in [0.3, 0.4) is 0 Å². The Morgan fingerprint density at radius 1 is 1.50 bits per heavy atom. The summed E-state index contributed by atoms with van der Waals surface area (Å²) in [6, 6.07) is 3.24. The van der Waals surface area contributed by atoms with Gasteiger partial charge in [0.2, 0.25) is 0 Å². The summed E-state index contributed by atoms with van der Waals surface area (Å²) in [4.78, 5) is 30.9. The number of ether oxygens (including phenoxy) is 1. The van der Waals surface area contributed by atoms with E-state index in [0.717, 1.165) is 11.3 Å². The zero-order chi connectivity index (χ0) is 14.5. The first-order valence-corrected chi connectivity index (χ1v) is 6.36. The molecule has 0 spiro atoms. The summed E-state index contributed by atoms with van der Waals surface area (Å²) in [5.41, 5.74) is 0.652. The Labute approximate surface area is 118 Å². The summed E-state index contributed by atoms with van der Waals surface area (Å²) in [7, 11) is 1.44. The molecule has 0 saturated heterocycles. The summed E-state index contributed by atoms with van der Waals surface area (Å²) in [5, 5.41) is 11.8. The quantitative estimate of drug-likeness (QED) is 0.869. The summed E-state index contributed by atoms with van der Waals surface area (Å²) in [6.07, 6.45) is 2.97. The van der Waals surface area contributed by atoms with Crippen LogP contribution in [0.5, 0.6) is 0 Å². The van der Waals surface area contributed by atoms with Gasteiger partial charge in [-0.3, -0.25) is 15.1 Å². The molecule has 1 amide bonds. The Kier molecular flexibility index (Phi) is 4.38. The van der Waals surface area contributed by atoms with Crippen LogP contribution in [0.25, 0.3) is 0 Å². The highest BCUT2D eigenvalue weighted by molar-refractivity contribution is 7.17. The molecule has 0 aliphatic rings. The van der Waals surface area contributed by atoms with Crippen LogP contribution in [0.1, 0.15) is 25.7 Å². The molecular weight excluding hydrogens is 282 g/mol. The fraction of sp³-hybridized carbons (Fsp3) is 0.167. The number of carboxylic acids is 1. The number of hydrogen-bond donors (Lipinski definition) is 2. The largest absolute Gasteiger partial charge is 0.477 e. The molecule has 0 aromatic carbocycles. The summed E-state index contributed by atoms with van der Waals surface area (Å²) < 4.78 is 4.88. The van der Waals surface area contributed by atoms with Crippen molar-refractivity contribution in [1.29, 1.82) is 0 Å². The molecule has 2 heterocycles. The Balaban J connectivity index is 2.19. The number of amides is 1. The van der Waals surface area contributed by atoms with Crippen molar-refractivity contribution in [2.45, 2.75) is 6.61 Å². The molecule has 0 bridgehead atoms. The van der Waals surface area contributed by atoms with E-state index in [9.17, 15) is 9.59 Å². The Hall–Kier alpha value is -2.32. The maximum atomic E-state index is 11.9. The number of aromatic carboxylic acids is 1. The van der Waals surface area contributed by atoms with Gasteiger partial charge in [0.25, 0.3) is 5.91 Å². The van der Waals surface area contributed by atoms with Gasteiger partial charge in [0.1, 0.15) is 4.88 Å². The molecule has 20 heavy (non-hydrogen) atoms. The minimum absolute atomic E-state index is 0.0494. The number of methoxy groups -OCH3 is 1. The van der Waals surface area contributed by atoms with E-state index in [4.69, 9.17) is 9.84 Å². The topological polar surface area (TPSA) is 101 Å². The predicted molar refractivity (Wildman–Crippen MR) is 72.0 cm³/mol. The van der Waals surface area contributed by atoms with E-state index in [1.165, 1.54) is 13.3 Å². The number of carboxylic acid groups (broad SMARTS) is 1. The molecule has 0 saturated carbocycles. The first kappa shape index (κ1) is 14.1. The van der Waals surface area contributed by atoms with Crippen molar-refractivity contribution in [3.05, 3.63) is 40.7 Å². The molecule has 104 valence electrons. The second-order valence-corrected chi connectivity index (χ2v) is 4.73.